The van der Waals surface area contributed by atoms with Gasteiger partial charge in [-0.15, -0.1) is 5.92 Å². The molecule has 0 aliphatic rings. The van der Waals surface area contributed by atoms with Crippen molar-refractivity contribution >= 4 is 28.4 Å². The van der Waals surface area contributed by atoms with Gasteiger partial charge < -0.3 is 0 Å². The highest BCUT2D eigenvalue weighted by molar-refractivity contribution is 14.1. The van der Waals surface area contributed by atoms with Crippen molar-refractivity contribution in [2.45, 2.75) is 13.3 Å². The highest BCUT2D eigenvalue weighted by Crippen LogP contribution is 2.08. The quantitative estimate of drug-likeness (QED) is 0.463. The fourth-order valence-corrected chi connectivity index (χ4v) is 1.27. The van der Waals surface area contributed by atoms with E-state index in [9.17, 15) is 4.79 Å². The van der Waals surface area contributed by atoms with Gasteiger partial charge in [-0.1, -0.05) is 18.1 Å². The topological polar surface area (TPSA) is 17.1 Å². The third-order valence-corrected chi connectivity index (χ3v) is 2.31. The van der Waals surface area contributed by atoms with Gasteiger partial charge in [0.15, 0.2) is 5.78 Å². The summed E-state index contributed by atoms with van der Waals surface area (Å²) in [4.78, 5) is 11.4. The highest BCUT2D eigenvalue weighted by Gasteiger charge is 2.02. The van der Waals surface area contributed by atoms with E-state index in [-0.39, 0.29) is 5.78 Å². The van der Waals surface area contributed by atoms with Crippen LogP contribution in [0.25, 0.3) is 0 Å². The summed E-state index contributed by atoms with van der Waals surface area (Å²) in [7, 11) is 0. The lowest BCUT2D eigenvalue weighted by Crippen LogP contribution is -1.96. The molecule has 2 heteroatoms. The van der Waals surface area contributed by atoms with Gasteiger partial charge in [0, 0.05) is 9.13 Å². The number of rotatable bonds is 2. The van der Waals surface area contributed by atoms with Crippen molar-refractivity contribution in [3.05, 3.63) is 33.4 Å². The molecule has 0 bridgehead atoms. The molecule has 0 aliphatic carbocycles. The summed E-state index contributed by atoms with van der Waals surface area (Å²) in [5.74, 6) is 5.56. The third-order valence-electron chi connectivity index (χ3n) is 1.59. The minimum Gasteiger partial charge on any atom is -0.293 e. The van der Waals surface area contributed by atoms with Gasteiger partial charge in [-0.3, -0.25) is 4.79 Å². The van der Waals surface area contributed by atoms with Crippen LogP contribution in [-0.2, 0) is 0 Å². The van der Waals surface area contributed by atoms with Gasteiger partial charge in [-0.2, -0.15) is 0 Å². The molecule has 1 rings (SSSR count). The Balaban J connectivity index is 2.76. The summed E-state index contributed by atoms with van der Waals surface area (Å²) in [5, 5.41) is 0. The van der Waals surface area contributed by atoms with Crippen molar-refractivity contribution in [1.82, 2.24) is 0 Å². The molecule has 0 saturated carbocycles. The molecule has 0 radical (unpaired) electrons. The molecule has 13 heavy (non-hydrogen) atoms. The molecule has 0 aliphatic heterocycles. The van der Waals surface area contributed by atoms with Crippen LogP contribution in [0.3, 0.4) is 0 Å². The molecule has 0 amide bonds. The molecule has 0 fully saturated rings. The third kappa shape index (κ3) is 3.19. The molecule has 66 valence electrons. The first kappa shape index (κ1) is 10.3. The summed E-state index contributed by atoms with van der Waals surface area (Å²) < 4.78 is 1.13. The van der Waals surface area contributed by atoms with Crippen LogP contribution in [0.5, 0.6) is 0 Å². The van der Waals surface area contributed by atoms with Crippen molar-refractivity contribution in [3.8, 4) is 11.8 Å². The zero-order valence-electron chi connectivity index (χ0n) is 7.30. The molecule has 1 aromatic rings. The monoisotopic (exact) mass is 284 g/mol. The molecular formula is C11H9IO. The number of hydrogen-bond acceptors (Lipinski definition) is 1. The average Bonchev–Trinajstić information content (AvgIpc) is 2.15. The molecule has 0 spiro atoms. The fraction of sp³-hybridized carbons (Fsp3) is 0.182. The van der Waals surface area contributed by atoms with Crippen LogP contribution in [0, 0.1) is 15.4 Å². The second-order valence-electron chi connectivity index (χ2n) is 2.53. The zero-order chi connectivity index (χ0) is 9.68. The van der Waals surface area contributed by atoms with E-state index in [0.29, 0.717) is 6.42 Å². The smallest absolute Gasteiger partial charge is 0.174 e. The molecule has 0 saturated heterocycles. The number of carbonyl (C=O) groups is 1. The SMILES string of the molecule is CC#CCC(=O)c1ccc(I)cc1. The summed E-state index contributed by atoms with van der Waals surface area (Å²) >= 11 is 2.21. The molecule has 0 aromatic heterocycles. The number of hydrogen-bond donors (Lipinski definition) is 0. The maximum atomic E-state index is 11.4. The number of carbonyl (C=O) groups excluding carboxylic acids is 1. The van der Waals surface area contributed by atoms with Crippen molar-refractivity contribution in [1.29, 1.82) is 0 Å². The van der Waals surface area contributed by atoms with Crippen molar-refractivity contribution in [2.24, 2.45) is 0 Å². The molecular weight excluding hydrogens is 275 g/mol. The Bertz CT molecular complexity index is 354. The minimum absolute atomic E-state index is 0.0887. The van der Waals surface area contributed by atoms with E-state index < -0.39 is 0 Å². The summed E-state index contributed by atoms with van der Waals surface area (Å²) in [5.41, 5.74) is 0.739. The van der Waals surface area contributed by atoms with Gasteiger partial charge in [0.05, 0.1) is 6.42 Å². The largest absolute Gasteiger partial charge is 0.293 e. The molecule has 0 atom stereocenters. The molecule has 0 heterocycles. The predicted molar refractivity (Wildman–Crippen MR) is 61.6 cm³/mol. The standard InChI is InChI=1S/C11H9IO/c1-2-3-4-11(13)9-5-7-10(12)8-6-9/h5-8H,4H2,1H3. The number of halogens is 1. The van der Waals surface area contributed by atoms with E-state index in [4.69, 9.17) is 0 Å². The second-order valence-corrected chi connectivity index (χ2v) is 3.78. The summed E-state index contributed by atoms with van der Waals surface area (Å²) in [6.07, 6.45) is 0.317. The normalized spacial score (nSPS) is 8.77. The molecule has 1 aromatic carbocycles. The van der Waals surface area contributed by atoms with E-state index >= 15 is 0 Å². The molecule has 1 nitrogen and oxygen atoms in total. The van der Waals surface area contributed by atoms with Gasteiger partial charge in [-0.25, -0.2) is 0 Å². The Morgan fingerprint density at radius 2 is 2.00 bits per heavy atom. The first-order valence-electron chi connectivity index (χ1n) is 3.92. The van der Waals surface area contributed by atoms with Gasteiger partial charge in [-0.05, 0) is 41.6 Å². The number of benzene rings is 1. The van der Waals surface area contributed by atoms with Gasteiger partial charge >= 0.3 is 0 Å². The Kier molecular flexibility index (Phi) is 3.97. The first-order chi connectivity index (χ1) is 6.24. The Morgan fingerprint density at radius 1 is 1.38 bits per heavy atom. The van der Waals surface area contributed by atoms with Crippen LogP contribution in [0.1, 0.15) is 23.7 Å². The van der Waals surface area contributed by atoms with E-state index in [1.54, 1.807) is 6.92 Å². The highest BCUT2D eigenvalue weighted by atomic mass is 127. The number of Topliss-reactive ketones (excluding diaryl/α,β-unsaturated/α-hetero) is 1. The minimum atomic E-state index is 0.0887. The maximum Gasteiger partial charge on any atom is 0.174 e. The van der Waals surface area contributed by atoms with E-state index in [1.165, 1.54) is 0 Å². The van der Waals surface area contributed by atoms with E-state index in [0.717, 1.165) is 9.13 Å². The Hall–Kier alpha value is -0.820. The summed E-state index contributed by atoms with van der Waals surface area (Å²) in [6.45, 7) is 1.74. The summed E-state index contributed by atoms with van der Waals surface area (Å²) in [6, 6.07) is 7.52. The maximum absolute atomic E-state index is 11.4. The lowest BCUT2D eigenvalue weighted by molar-refractivity contribution is 0.0998. The van der Waals surface area contributed by atoms with E-state index in [2.05, 4.69) is 34.4 Å². The van der Waals surface area contributed by atoms with Crippen LogP contribution in [0.4, 0.5) is 0 Å². The van der Waals surface area contributed by atoms with Crippen molar-refractivity contribution in [2.75, 3.05) is 0 Å². The van der Waals surface area contributed by atoms with Crippen molar-refractivity contribution in [3.63, 3.8) is 0 Å². The lowest BCUT2D eigenvalue weighted by atomic mass is 10.1. The molecule has 0 unspecified atom stereocenters. The molecule has 0 N–H and O–H groups in total. The number of ketones is 1. The lowest BCUT2D eigenvalue weighted by Gasteiger charge is -1.96. The second kappa shape index (κ2) is 5.03. The van der Waals surface area contributed by atoms with E-state index in [1.807, 2.05) is 24.3 Å². The van der Waals surface area contributed by atoms with Gasteiger partial charge in [0.2, 0.25) is 0 Å². The van der Waals surface area contributed by atoms with Crippen LogP contribution in [0.2, 0.25) is 0 Å². The fourth-order valence-electron chi connectivity index (χ4n) is 0.907. The van der Waals surface area contributed by atoms with Crippen LogP contribution in [-0.4, -0.2) is 5.78 Å². The Labute approximate surface area is 91.7 Å². The van der Waals surface area contributed by atoms with Crippen molar-refractivity contribution < 1.29 is 4.79 Å². The van der Waals surface area contributed by atoms with Crippen LogP contribution >= 0.6 is 22.6 Å². The Morgan fingerprint density at radius 3 is 2.54 bits per heavy atom. The predicted octanol–water partition coefficient (Wildman–Crippen LogP) is 2.89. The van der Waals surface area contributed by atoms with Gasteiger partial charge in [0.1, 0.15) is 0 Å². The van der Waals surface area contributed by atoms with Crippen LogP contribution < -0.4 is 0 Å². The average molecular weight is 284 g/mol. The zero-order valence-corrected chi connectivity index (χ0v) is 9.46. The van der Waals surface area contributed by atoms with Gasteiger partial charge in [0.25, 0.3) is 0 Å². The van der Waals surface area contributed by atoms with Crippen LogP contribution in [0.15, 0.2) is 24.3 Å². The first-order valence-corrected chi connectivity index (χ1v) is 5.00.